The van der Waals surface area contributed by atoms with Gasteiger partial charge in [0.25, 0.3) is 0 Å². The molecule has 1 aromatic rings. The van der Waals surface area contributed by atoms with Crippen molar-refractivity contribution in [2.75, 3.05) is 13.7 Å². The van der Waals surface area contributed by atoms with Crippen molar-refractivity contribution < 1.29 is 9.53 Å². The molecule has 0 spiro atoms. The van der Waals surface area contributed by atoms with Gasteiger partial charge in [0, 0.05) is 12.5 Å². The predicted molar refractivity (Wildman–Crippen MR) is 79.9 cm³/mol. The topological polar surface area (TPSA) is 64.3 Å². The second-order valence-corrected chi connectivity index (χ2v) is 5.45. The van der Waals surface area contributed by atoms with Gasteiger partial charge in [0.05, 0.1) is 7.11 Å². The van der Waals surface area contributed by atoms with Crippen molar-refractivity contribution in [3.8, 4) is 5.75 Å². The van der Waals surface area contributed by atoms with Gasteiger partial charge in [-0.3, -0.25) is 4.79 Å². The first-order valence-electron chi connectivity index (χ1n) is 7.36. The normalized spacial score (nSPS) is 17.6. The zero-order chi connectivity index (χ0) is 14.4. The van der Waals surface area contributed by atoms with Crippen LogP contribution >= 0.6 is 0 Å². The average molecular weight is 276 g/mol. The second-order valence-electron chi connectivity index (χ2n) is 5.45. The predicted octanol–water partition coefficient (Wildman–Crippen LogP) is 1.80. The molecular formula is C16H24N2O2. The highest BCUT2D eigenvalue weighted by molar-refractivity contribution is 5.73. The number of rotatable bonds is 7. The monoisotopic (exact) mass is 276 g/mol. The van der Waals surface area contributed by atoms with E-state index in [2.05, 4.69) is 17.4 Å². The maximum atomic E-state index is 10.7. The number of nitrogens with one attached hydrogen (secondary N) is 1. The fraction of sp³-hybridized carbons (Fsp3) is 0.562. The van der Waals surface area contributed by atoms with Crippen LogP contribution < -0.4 is 15.8 Å². The van der Waals surface area contributed by atoms with Crippen LogP contribution in [0.5, 0.6) is 5.75 Å². The molecule has 1 amide bonds. The maximum absolute atomic E-state index is 10.7. The molecule has 1 aromatic carbocycles. The number of nitrogens with two attached hydrogens (primary N) is 1. The number of aryl methyl sites for hydroxylation is 1. The maximum Gasteiger partial charge on any atom is 0.217 e. The summed E-state index contributed by atoms with van der Waals surface area (Å²) in [5.41, 5.74) is 7.96. The molecule has 0 fully saturated rings. The lowest BCUT2D eigenvalue weighted by molar-refractivity contribution is -0.118. The van der Waals surface area contributed by atoms with E-state index in [0.717, 1.165) is 38.0 Å². The van der Waals surface area contributed by atoms with E-state index in [1.165, 1.54) is 17.5 Å². The molecule has 3 N–H and O–H groups in total. The van der Waals surface area contributed by atoms with Gasteiger partial charge in [-0.1, -0.05) is 6.07 Å². The number of benzene rings is 1. The number of primary amides is 1. The molecule has 0 saturated heterocycles. The molecule has 0 aliphatic heterocycles. The number of ether oxygens (including phenoxy) is 1. The van der Waals surface area contributed by atoms with Crippen molar-refractivity contribution in [2.45, 2.75) is 44.6 Å². The minimum Gasteiger partial charge on any atom is -0.497 e. The number of carbonyl (C=O) groups excluding carboxylic acids is 1. The van der Waals surface area contributed by atoms with Gasteiger partial charge in [0.1, 0.15) is 5.75 Å². The highest BCUT2D eigenvalue weighted by atomic mass is 16.5. The Morgan fingerprint density at radius 3 is 3.00 bits per heavy atom. The van der Waals surface area contributed by atoms with E-state index in [0.29, 0.717) is 12.5 Å². The smallest absolute Gasteiger partial charge is 0.217 e. The van der Waals surface area contributed by atoms with E-state index < -0.39 is 0 Å². The number of hydrogen-bond acceptors (Lipinski definition) is 3. The van der Waals surface area contributed by atoms with Crippen LogP contribution in [0.15, 0.2) is 18.2 Å². The Balaban J connectivity index is 1.77. The Morgan fingerprint density at radius 2 is 2.25 bits per heavy atom. The minimum atomic E-state index is -0.205. The summed E-state index contributed by atoms with van der Waals surface area (Å²) in [6.07, 6.45) is 5.73. The molecule has 20 heavy (non-hydrogen) atoms. The summed E-state index contributed by atoms with van der Waals surface area (Å²) in [5, 5.41) is 3.58. The molecule has 2 rings (SSSR count). The third-order valence-corrected chi connectivity index (χ3v) is 3.92. The lowest BCUT2D eigenvalue weighted by Gasteiger charge is -2.26. The standard InChI is InChI=1S/C16H24N2O2/c1-20-15-8-6-12-5-7-14(10-13(12)11-15)18-9-3-2-4-16(17)19/h6,8,11,14,18H,2-5,7,9-10H2,1H3,(H2,17,19). The first-order valence-corrected chi connectivity index (χ1v) is 7.36. The van der Waals surface area contributed by atoms with Gasteiger partial charge in [0.2, 0.25) is 5.91 Å². The average Bonchev–Trinajstić information content (AvgIpc) is 2.45. The summed E-state index contributed by atoms with van der Waals surface area (Å²) in [7, 11) is 1.71. The minimum absolute atomic E-state index is 0.205. The van der Waals surface area contributed by atoms with Crippen molar-refractivity contribution in [3.05, 3.63) is 29.3 Å². The Labute approximate surface area is 120 Å². The largest absolute Gasteiger partial charge is 0.497 e. The molecule has 0 saturated carbocycles. The van der Waals surface area contributed by atoms with Crippen LogP contribution in [0.3, 0.4) is 0 Å². The third kappa shape index (κ3) is 4.23. The number of unbranched alkanes of at least 4 members (excludes halogenated alkanes) is 1. The second kappa shape index (κ2) is 7.29. The number of amides is 1. The SMILES string of the molecule is COc1ccc2c(c1)CC(NCCCCC(N)=O)CC2. The molecule has 1 aliphatic carbocycles. The molecule has 110 valence electrons. The summed E-state index contributed by atoms with van der Waals surface area (Å²) in [6, 6.07) is 6.90. The lowest BCUT2D eigenvalue weighted by Crippen LogP contribution is -2.35. The van der Waals surface area contributed by atoms with Crippen LogP contribution in [0.4, 0.5) is 0 Å². The summed E-state index contributed by atoms with van der Waals surface area (Å²) in [6.45, 7) is 0.956. The zero-order valence-corrected chi connectivity index (χ0v) is 12.2. The van der Waals surface area contributed by atoms with Gasteiger partial charge in [-0.2, -0.15) is 0 Å². The fourth-order valence-electron chi connectivity index (χ4n) is 2.77. The fourth-order valence-corrected chi connectivity index (χ4v) is 2.77. The molecular weight excluding hydrogens is 252 g/mol. The Bertz CT molecular complexity index is 460. The van der Waals surface area contributed by atoms with E-state index in [4.69, 9.17) is 10.5 Å². The van der Waals surface area contributed by atoms with Gasteiger partial charge in [-0.05, 0) is 61.9 Å². The summed E-state index contributed by atoms with van der Waals surface area (Å²) in [4.78, 5) is 10.7. The summed E-state index contributed by atoms with van der Waals surface area (Å²) >= 11 is 0. The Hall–Kier alpha value is -1.55. The van der Waals surface area contributed by atoms with E-state index in [1.807, 2.05) is 6.07 Å². The van der Waals surface area contributed by atoms with Gasteiger partial charge in [0.15, 0.2) is 0 Å². The first-order chi connectivity index (χ1) is 9.69. The van der Waals surface area contributed by atoms with Crippen LogP contribution in [0.25, 0.3) is 0 Å². The Kier molecular flexibility index (Phi) is 5.41. The molecule has 1 unspecified atom stereocenters. The summed E-state index contributed by atoms with van der Waals surface area (Å²) in [5.74, 6) is 0.731. The van der Waals surface area contributed by atoms with Crippen LogP contribution in [0, 0.1) is 0 Å². The van der Waals surface area contributed by atoms with Crippen LogP contribution in [0.2, 0.25) is 0 Å². The van der Waals surface area contributed by atoms with Crippen LogP contribution in [-0.4, -0.2) is 25.6 Å². The van der Waals surface area contributed by atoms with Crippen LogP contribution in [0.1, 0.15) is 36.8 Å². The quantitative estimate of drug-likeness (QED) is 0.746. The molecule has 1 atom stereocenters. The van der Waals surface area contributed by atoms with Crippen molar-refractivity contribution >= 4 is 5.91 Å². The van der Waals surface area contributed by atoms with E-state index in [9.17, 15) is 4.79 Å². The summed E-state index contributed by atoms with van der Waals surface area (Å²) < 4.78 is 5.29. The van der Waals surface area contributed by atoms with Crippen molar-refractivity contribution in [1.82, 2.24) is 5.32 Å². The van der Waals surface area contributed by atoms with E-state index in [-0.39, 0.29) is 5.91 Å². The lowest BCUT2D eigenvalue weighted by atomic mass is 9.88. The van der Waals surface area contributed by atoms with E-state index >= 15 is 0 Å². The molecule has 0 heterocycles. The molecule has 0 bridgehead atoms. The third-order valence-electron chi connectivity index (χ3n) is 3.92. The molecule has 0 radical (unpaired) electrons. The van der Waals surface area contributed by atoms with Crippen molar-refractivity contribution in [2.24, 2.45) is 5.73 Å². The molecule has 4 heteroatoms. The van der Waals surface area contributed by atoms with Crippen LogP contribution in [-0.2, 0) is 17.6 Å². The molecule has 0 aromatic heterocycles. The highest BCUT2D eigenvalue weighted by Gasteiger charge is 2.18. The first kappa shape index (κ1) is 14.9. The Morgan fingerprint density at radius 1 is 1.40 bits per heavy atom. The molecule has 4 nitrogen and oxygen atoms in total. The number of methoxy groups -OCH3 is 1. The van der Waals surface area contributed by atoms with Gasteiger partial charge in [-0.25, -0.2) is 0 Å². The highest BCUT2D eigenvalue weighted by Crippen LogP contribution is 2.25. The number of hydrogen-bond donors (Lipinski definition) is 2. The number of fused-ring (bicyclic) bond motifs is 1. The van der Waals surface area contributed by atoms with Gasteiger partial charge < -0.3 is 15.8 Å². The number of carbonyl (C=O) groups is 1. The van der Waals surface area contributed by atoms with Gasteiger partial charge in [-0.15, -0.1) is 0 Å². The zero-order valence-electron chi connectivity index (χ0n) is 12.2. The molecule has 1 aliphatic rings. The van der Waals surface area contributed by atoms with Gasteiger partial charge >= 0.3 is 0 Å². The van der Waals surface area contributed by atoms with Crippen molar-refractivity contribution in [3.63, 3.8) is 0 Å². The van der Waals surface area contributed by atoms with Crippen molar-refractivity contribution in [1.29, 1.82) is 0 Å². The van der Waals surface area contributed by atoms with E-state index in [1.54, 1.807) is 7.11 Å².